The van der Waals surface area contributed by atoms with E-state index in [1.54, 1.807) is 23.1 Å². The zero-order valence-electron chi connectivity index (χ0n) is 14.5. The van der Waals surface area contributed by atoms with Gasteiger partial charge in [0.15, 0.2) is 16.4 Å². The fourth-order valence-electron chi connectivity index (χ4n) is 3.87. The van der Waals surface area contributed by atoms with Gasteiger partial charge in [-0.25, -0.2) is 8.42 Å². The lowest BCUT2D eigenvalue weighted by Crippen LogP contribution is -2.50. The molecular weight excluding hydrogens is 397 g/mol. The van der Waals surface area contributed by atoms with Gasteiger partial charge in [0.1, 0.15) is 5.75 Å². The third-order valence-corrected chi connectivity index (χ3v) is 7.38. The average Bonchev–Trinajstić information content (AvgIpc) is 2.95. The summed E-state index contributed by atoms with van der Waals surface area (Å²) in [6.07, 6.45) is 5.65. The van der Waals surface area contributed by atoms with Gasteiger partial charge >= 0.3 is 0 Å². The topological polar surface area (TPSA) is 63.7 Å². The molecule has 2 aliphatic rings. The lowest BCUT2D eigenvalue weighted by atomic mass is 9.93. The Kier molecular flexibility index (Phi) is 6.36. The fourth-order valence-corrected chi connectivity index (χ4v) is 6.04. The lowest BCUT2D eigenvalue weighted by Gasteiger charge is -2.38. The molecule has 3 rings (SSSR count). The quantitative estimate of drug-likeness (QED) is 0.729. The van der Waals surface area contributed by atoms with Crippen molar-refractivity contribution in [1.82, 2.24) is 4.90 Å². The molecule has 0 unspecified atom stereocenters. The summed E-state index contributed by atoms with van der Waals surface area (Å²) >= 11 is 12.0. The van der Waals surface area contributed by atoms with Crippen LogP contribution in [0.3, 0.4) is 0 Å². The van der Waals surface area contributed by atoms with E-state index in [9.17, 15) is 13.2 Å². The Labute approximate surface area is 164 Å². The van der Waals surface area contributed by atoms with Crippen LogP contribution in [0, 0.1) is 0 Å². The van der Waals surface area contributed by atoms with Gasteiger partial charge in [0.2, 0.25) is 0 Å². The van der Waals surface area contributed by atoms with Crippen molar-refractivity contribution in [2.75, 3.05) is 18.1 Å². The van der Waals surface area contributed by atoms with Gasteiger partial charge in [-0.05, 0) is 37.5 Å². The molecule has 1 aliphatic carbocycles. The second-order valence-electron chi connectivity index (χ2n) is 7.01. The van der Waals surface area contributed by atoms with E-state index in [2.05, 4.69) is 0 Å². The molecule has 1 atom stereocenters. The number of nitrogens with zero attached hydrogens (tertiary/aromatic N) is 1. The molecule has 2 fully saturated rings. The number of ether oxygens (including phenoxy) is 1. The highest BCUT2D eigenvalue weighted by Gasteiger charge is 2.38. The molecule has 1 aromatic rings. The van der Waals surface area contributed by atoms with Crippen LogP contribution in [0.2, 0.25) is 10.0 Å². The van der Waals surface area contributed by atoms with Crippen molar-refractivity contribution in [3.8, 4) is 5.75 Å². The zero-order chi connectivity index (χ0) is 18.7. The van der Waals surface area contributed by atoms with Gasteiger partial charge in [-0.2, -0.15) is 0 Å². The SMILES string of the molecule is O=C(COc1ccc(Cl)cc1Cl)N(C1CCCCC1)[C@H]1CCS(=O)(=O)C1. The lowest BCUT2D eigenvalue weighted by molar-refractivity contribution is -0.138. The molecule has 8 heteroatoms. The number of benzene rings is 1. The smallest absolute Gasteiger partial charge is 0.261 e. The Hall–Kier alpha value is -0.980. The van der Waals surface area contributed by atoms with Gasteiger partial charge in [0.25, 0.3) is 5.91 Å². The number of rotatable bonds is 5. The third kappa shape index (κ3) is 4.84. The Balaban J connectivity index is 1.71. The van der Waals surface area contributed by atoms with E-state index < -0.39 is 9.84 Å². The van der Waals surface area contributed by atoms with Crippen molar-refractivity contribution >= 4 is 38.9 Å². The maximum absolute atomic E-state index is 12.9. The molecular formula is C18H23Cl2NO4S. The van der Waals surface area contributed by atoms with E-state index in [0.29, 0.717) is 22.2 Å². The number of hydrogen-bond donors (Lipinski definition) is 0. The highest BCUT2D eigenvalue weighted by molar-refractivity contribution is 7.91. The van der Waals surface area contributed by atoms with Crippen LogP contribution in [-0.4, -0.2) is 49.4 Å². The van der Waals surface area contributed by atoms with Crippen molar-refractivity contribution in [2.24, 2.45) is 0 Å². The van der Waals surface area contributed by atoms with Crippen LogP contribution in [0.15, 0.2) is 18.2 Å². The summed E-state index contributed by atoms with van der Waals surface area (Å²) in [4.78, 5) is 14.7. The molecule has 1 aliphatic heterocycles. The predicted octanol–water partition coefficient (Wildman–Crippen LogP) is 3.72. The Bertz CT molecular complexity index is 762. The van der Waals surface area contributed by atoms with Gasteiger partial charge in [-0.3, -0.25) is 4.79 Å². The minimum absolute atomic E-state index is 0.0525. The van der Waals surface area contributed by atoms with Crippen LogP contribution in [0.5, 0.6) is 5.75 Å². The van der Waals surface area contributed by atoms with Crippen LogP contribution >= 0.6 is 23.2 Å². The number of carbonyl (C=O) groups excluding carboxylic acids is 1. The Morgan fingerprint density at radius 1 is 1.12 bits per heavy atom. The van der Waals surface area contributed by atoms with E-state index in [4.69, 9.17) is 27.9 Å². The largest absolute Gasteiger partial charge is 0.482 e. The summed E-state index contributed by atoms with van der Waals surface area (Å²) in [7, 11) is -3.06. The second-order valence-corrected chi connectivity index (χ2v) is 10.1. The van der Waals surface area contributed by atoms with Crippen LogP contribution in [0.4, 0.5) is 0 Å². The summed E-state index contributed by atoms with van der Waals surface area (Å²) in [6.45, 7) is -0.158. The van der Waals surface area contributed by atoms with E-state index >= 15 is 0 Å². The minimum atomic E-state index is -3.06. The van der Waals surface area contributed by atoms with Gasteiger partial charge in [-0.1, -0.05) is 42.5 Å². The summed E-state index contributed by atoms with van der Waals surface area (Å²) < 4.78 is 29.4. The molecule has 144 valence electrons. The Morgan fingerprint density at radius 2 is 1.85 bits per heavy atom. The van der Waals surface area contributed by atoms with Crippen LogP contribution in [0.1, 0.15) is 38.5 Å². The zero-order valence-corrected chi connectivity index (χ0v) is 16.8. The molecule has 0 spiro atoms. The number of carbonyl (C=O) groups is 1. The predicted molar refractivity (Wildman–Crippen MR) is 103 cm³/mol. The van der Waals surface area contributed by atoms with Crippen LogP contribution in [-0.2, 0) is 14.6 Å². The molecule has 26 heavy (non-hydrogen) atoms. The molecule has 1 aromatic carbocycles. The van der Waals surface area contributed by atoms with Gasteiger partial charge in [-0.15, -0.1) is 0 Å². The number of sulfone groups is 1. The van der Waals surface area contributed by atoms with E-state index in [1.807, 2.05) is 0 Å². The van der Waals surface area contributed by atoms with Crippen LogP contribution in [0.25, 0.3) is 0 Å². The minimum Gasteiger partial charge on any atom is -0.482 e. The van der Waals surface area contributed by atoms with Crippen molar-refractivity contribution in [1.29, 1.82) is 0 Å². The van der Waals surface area contributed by atoms with E-state index in [1.165, 1.54) is 6.42 Å². The summed E-state index contributed by atoms with van der Waals surface area (Å²) in [5, 5.41) is 0.839. The maximum Gasteiger partial charge on any atom is 0.261 e. The first-order chi connectivity index (χ1) is 12.4. The van der Waals surface area contributed by atoms with Crippen molar-refractivity contribution in [3.05, 3.63) is 28.2 Å². The first-order valence-electron chi connectivity index (χ1n) is 8.95. The number of hydrogen-bond acceptors (Lipinski definition) is 4. The van der Waals surface area contributed by atoms with Crippen molar-refractivity contribution < 1.29 is 17.9 Å². The first-order valence-corrected chi connectivity index (χ1v) is 11.5. The standard InChI is InChI=1S/C18H23Cl2NO4S/c19-13-6-7-17(16(20)10-13)25-11-18(22)21(14-4-2-1-3-5-14)15-8-9-26(23,24)12-15/h6-7,10,14-15H,1-5,8-9,11-12H2/t15-/m0/s1. The highest BCUT2D eigenvalue weighted by Crippen LogP contribution is 2.30. The summed E-state index contributed by atoms with van der Waals surface area (Å²) in [6, 6.07) is 4.68. The summed E-state index contributed by atoms with van der Waals surface area (Å²) in [5.74, 6) is 0.423. The molecule has 1 heterocycles. The van der Waals surface area contributed by atoms with E-state index in [0.717, 1.165) is 25.7 Å². The van der Waals surface area contributed by atoms with Crippen molar-refractivity contribution in [3.63, 3.8) is 0 Å². The van der Waals surface area contributed by atoms with Crippen LogP contribution < -0.4 is 4.74 Å². The molecule has 1 saturated heterocycles. The Morgan fingerprint density at radius 3 is 2.46 bits per heavy atom. The number of amides is 1. The average molecular weight is 420 g/mol. The third-order valence-electron chi connectivity index (χ3n) is 5.10. The summed E-state index contributed by atoms with van der Waals surface area (Å²) in [5.41, 5.74) is 0. The van der Waals surface area contributed by atoms with E-state index in [-0.39, 0.29) is 36.1 Å². The van der Waals surface area contributed by atoms with Gasteiger partial charge in [0.05, 0.1) is 16.5 Å². The molecule has 5 nitrogen and oxygen atoms in total. The molecule has 0 aromatic heterocycles. The normalized spacial score (nSPS) is 22.9. The number of halogens is 2. The fraction of sp³-hybridized carbons (Fsp3) is 0.611. The first kappa shape index (κ1) is 19.8. The molecule has 0 radical (unpaired) electrons. The highest BCUT2D eigenvalue weighted by atomic mass is 35.5. The van der Waals surface area contributed by atoms with Crippen molar-refractivity contribution in [2.45, 2.75) is 50.6 Å². The molecule has 1 saturated carbocycles. The second kappa shape index (κ2) is 8.36. The molecule has 1 amide bonds. The maximum atomic E-state index is 12.9. The van der Waals surface area contributed by atoms with Gasteiger partial charge in [0, 0.05) is 17.1 Å². The molecule has 0 N–H and O–H groups in total. The monoisotopic (exact) mass is 419 g/mol. The molecule has 0 bridgehead atoms. The van der Waals surface area contributed by atoms with Gasteiger partial charge < -0.3 is 9.64 Å².